The van der Waals surface area contributed by atoms with Crippen molar-refractivity contribution < 1.29 is 0 Å². The van der Waals surface area contributed by atoms with Crippen molar-refractivity contribution in [2.45, 2.75) is 39.0 Å². The maximum absolute atomic E-state index is 3.81. The largest absolute Gasteiger partial charge is 0.103 e. The fourth-order valence-electron chi connectivity index (χ4n) is 2.43. The van der Waals surface area contributed by atoms with Crippen molar-refractivity contribution in [3.63, 3.8) is 0 Å². The van der Waals surface area contributed by atoms with E-state index >= 15 is 0 Å². The second-order valence-electron chi connectivity index (χ2n) is 4.73. The number of hydrogen-bond donors (Lipinski definition) is 0. The van der Waals surface area contributed by atoms with Crippen LogP contribution in [0.2, 0.25) is 0 Å². The van der Waals surface area contributed by atoms with Crippen molar-refractivity contribution in [3.8, 4) is 0 Å². The lowest BCUT2D eigenvalue weighted by Crippen LogP contribution is -1.91. The first-order chi connectivity index (χ1) is 8.35. The fraction of sp³-hybridized carbons (Fsp3) is 0.353. The molecule has 0 bridgehead atoms. The number of unbranched alkanes of at least 4 members (excludes halogenated alkanes) is 2. The zero-order chi connectivity index (χ0) is 12.1. The van der Waals surface area contributed by atoms with Crippen LogP contribution in [0.1, 0.15) is 49.3 Å². The van der Waals surface area contributed by atoms with Crippen LogP contribution >= 0.6 is 0 Å². The highest BCUT2D eigenvalue weighted by molar-refractivity contribution is 5.72. The Balaban J connectivity index is 2.13. The highest BCUT2D eigenvalue weighted by atomic mass is 14.2. The third-order valence-electron chi connectivity index (χ3n) is 3.33. The van der Waals surface area contributed by atoms with Gasteiger partial charge >= 0.3 is 0 Å². The molecule has 0 amide bonds. The summed E-state index contributed by atoms with van der Waals surface area (Å²) in [5.74, 6) is 0. The summed E-state index contributed by atoms with van der Waals surface area (Å²) >= 11 is 0. The Kier molecular flexibility index (Phi) is 4.19. The quantitative estimate of drug-likeness (QED) is 0.475. The average molecular weight is 225 g/mol. The first-order valence-electron chi connectivity index (χ1n) is 6.63. The minimum absolute atomic E-state index is 0.975. The number of rotatable bonds is 6. The second-order valence-corrected chi connectivity index (χ2v) is 4.73. The summed E-state index contributed by atoms with van der Waals surface area (Å²) in [7, 11) is 0. The Labute approximate surface area is 105 Å². The highest BCUT2D eigenvalue weighted by Gasteiger charge is 2.14. The number of benzene rings is 1. The molecule has 0 aliphatic heterocycles. The van der Waals surface area contributed by atoms with Crippen LogP contribution in [0.3, 0.4) is 0 Å². The lowest BCUT2D eigenvalue weighted by Gasteiger charge is -2.06. The molecule has 0 nitrogen and oxygen atoms in total. The number of aryl methyl sites for hydroxylation is 1. The molecule has 0 fully saturated rings. The van der Waals surface area contributed by atoms with E-state index in [2.05, 4.69) is 44.2 Å². The molecule has 1 aliphatic carbocycles. The summed E-state index contributed by atoms with van der Waals surface area (Å²) < 4.78 is 0. The fourth-order valence-corrected chi connectivity index (χ4v) is 2.43. The standard InChI is InChI=1S/C17H21/c1-3-5-6-9-15-10-7-11-16-12-14(8-4-2)13-17(15)16/h4,7,10-13H,2-3,5-6,8-9H2,1H3. The molecule has 0 atom stereocenters. The molecule has 89 valence electrons. The summed E-state index contributed by atoms with van der Waals surface area (Å²) in [5.41, 5.74) is 5.72. The minimum atomic E-state index is 0.975. The number of hydrogen-bond acceptors (Lipinski definition) is 0. The first-order valence-corrected chi connectivity index (χ1v) is 6.63. The van der Waals surface area contributed by atoms with Crippen LogP contribution in [0, 0.1) is 6.42 Å². The molecular formula is C17H21. The number of fused-ring (bicyclic) bond motifs is 1. The SMILES string of the molecule is C=CCC1=Cc2c(cccc2CCCCC)[CH]1. The van der Waals surface area contributed by atoms with E-state index < -0.39 is 0 Å². The van der Waals surface area contributed by atoms with Gasteiger partial charge in [-0.25, -0.2) is 0 Å². The van der Waals surface area contributed by atoms with Gasteiger partial charge < -0.3 is 0 Å². The third kappa shape index (κ3) is 2.88. The van der Waals surface area contributed by atoms with Crippen LogP contribution in [-0.4, -0.2) is 0 Å². The van der Waals surface area contributed by atoms with Gasteiger partial charge in [0.25, 0.3) is 0 Å². The van der Waals surface area contributed by atoms with Gasteiger partial charge in [-0.3, -0.25) is 0 Å². The van der Waals surface area contributed by atoms with E-state index in [0.717, 1.165) is 6.42 Å². The van der Waals surface area contributed by atoms with E-state index in [9.17, 15) is 0 Å². The lowest BCUT2D eigenvalue weighted by molar-refractivity contribution is 0.717. The zero-order valence-corrected chi connectivity index (χ0v) is 10.7. The van der Waals surface area contributed by atoms with E-state index in [4.69, 9.17) is 0 Å². The van der Waals surface area contributed by atoms with Crippen LogP contribution in [0.4, 0.5) is 0 Å². The lowest BCUT2D eigenvalue weighted by atomic mass is 9.99. The predicted molar refractivity (Wildman–Crippen MR) is 75.9 cm³/mol. The van der Waals surface area contributed by atoms with Gasteiger partial charge in [-0.2, -0.15) is 0 Å². The second kappa shape index (κ2) is 5.86. The molecule has 1 aromatic rings. The van der Waals surface area contributed by atoms with Gasteiger partial charge in [-0.15, -0.1) is 6.58 Å². The van der Waals surface area contributed by atoms with E-state index in [1.807, 2.05) is 6.08 Å². The summed E-state index contributed by atoms with van der Waals surface area (Å²) in [6.45, 7) is 6.06. The van der Waals surface area contributed by atoms with Crippen molar-refractivity contribution in [1.82, 2.24) is 0 Å². The topological polar surface area (TPSA) is 0 Å². The Morgan fingerprint density at radius 3 is 2.88 bits per heavy atom. The Morgan fingerprint density at radius 2 is 2.12 bits per heavy atom. The first kappa shape index (κ1) is 12.2. The normalized spacial score (nSPS) is 13.4. The molecule has 2 rings (SSSR count). The summed E-state index contributed by atoms with van der Waals surface area (Å²) in [4.78, 5) is 0. The van der Waals surface area contributed by atoms with Gasteiger partial charge in [0.2, 0.25) is 0 Å². The van der Waals surface area contributed by atoms with Crippen LogP contribution < -0.4 is 0 Å². The molecule has 1 radical (unpaired) electrons. The molecule has 0 unspecified atom stereocenters. The molecule has 1 aromatic carbocycles. The van der Waals surface area contributed by atoms with Crippen molar-refractivity contribution in [3.05, 3.63) is 59.5 Å². The van der Waals surface area contributed by atoms with Crippen molar-refractivity contribution >= 4 is 6.08 Å². The van der Waals surface area contributed by atoms with Gasteiger partial charge in [0.1, 0.15) is 0 Å². The van der Waals surface area contributed by atoms with Crippen LogP contribution in [0.5, 0.6) is 0 Å². The van der Waals surface area contributed by atoms with Crippen molar-refractivity contribution in [1.29, 1.82) is 0 Å². The molecule has 0 saturated heterocycles. The third-order valence-corrected chi connectivity index (χ3v) is 3.33. The molecule has 0 saturated carbocycles. The smallest absolute Gasteiger partial charge is 0.0167 e. The maximum atomic E-state index is 3.81. The van der Waals surface area contributed by atoms with E-state index in [0.29, 0.717) is 0 Å². The zero-order valence-electron chi connectivity index (χ0n) is 10.7. The molecule has 0 spiro atoms. The predicted octanol–water partition coefficient (Wildman–Crippen LogP) is 4.94. The Morgan fingerprint density at radius 1 is 1.24 bits per heavy atom. The number of allylic oxidation sites excluding steroid dienone is 2. The van der Waals surface area contributed by atoms with E-state index in [-0.39, 0.29) is 0 Å². The van der Waals surface area contributed by atoms with Gasteiger partial charge in [0.05, 0.1) is 0 Å². The van der Waals surface area contributed by atoms with Crippen molar-refractivity contribution in [2.75, 3.05) is 0 Å². The molecule has 17 heavy (non-hydrogen) atoms. The van der Waals surface area contributed by atoms with E-state index in [1.165, 1.54) is 47.9 Å². The Bertz CT molecular complexity index is 424. The average Bonchev–Trinajstić information content (AvgIpc) is 2.73. The van der Waals surface area contributed by atoms with Gasteiger partial charge in [0.15, 0.2) is 0 Å². The molecule has 1 aliphatic rings. The monoisotopic (exact) mass is 225 g/mol. The minimum Gasteiger partial charge on any atom is -0.103 e. The molecule has 0 aromatic heterocycles. The van der Waals surface area contributed by atoms with Crippen LogP contribution in [0.25, 0.3) is 6.08 Å². The maximum Gasteiger partial charge on any atom is 0.0167 e. The van der Waals surface area contributed by atoms with Crippen LogP contribution in [0.15, 0.2) is 36.4 Å². The molecular weight excluding hydrogens is 204 g/mol. The summed E-state index contributed by atoms with van der Waals surface area (Å²) in [6.07, 6.45) is 12.7. The Hall–Kier alpha value is -1.30. The van der Waals surface area contributed by atoms with Crippen molar-refractivity contribution in [2.24, 2.45) is 0 Å². The van der Waals surface area contributed by atoms with Gasteiger partial charge in [-0.1, -0.05) is 55.7 Å². The molecule has 0 heterocycles. The van der Waals surface area contributed by atoms with E-state index in [1.54, 1.807) is 0 Å². The summed E-state index contributed by atoms with van der Waals surface area (Å²) in [6, 6.07) is 6.67. The van der Waals surface area contributed by atoms with Crippen LogP contribution in [-0.2, 0) is 6.42 Å². The summed E-state index contributed by atoms with van der Waals surface area (Å²) in [5, 5.41) is 0. The molecule has 0 heteroatoms. The van der Waals surface area contributed by atoms with Gasteiger partial charge in [-0.05, 0) is 36.0 Å². The highest BCUT2D eigenvalue weighted by Crippen LogP contribution is 2.31. The van der Waals surface area contributed by atoms with Gasteiger partial charge in [0, 0.05) is 6.42 Å². The molecule has 0 N–H and O–H groups in total.